The van der Waals surface area contributed by atoms with Gasteiger partial charge in [-0.3, -0.25) is 9.59 Å². The van der Waals surface area contributed by atoms with Gasteiger partial charge in [0.1, 0.15) is 0 Å². The van der Waals surface area contributed by atoms with Gasteiger partial charge in [0.2, 0.25) is 11.8 Å². The smallest absolute Gasteiger partial charge is 0.352 e. The highest BCUT2D eigenvalue weighted by Gasteiger charge is 2.41. The summed E-state index contributed by atoms with van der Waals surface area (Å²) in [7, 11) is 0. The predicted molar refractivity (Wildman–Crippen MR) is 83.0 cm³/mol. The molecule has 0 heterocycles. The number of nitrogens with one attached hydrogen (secondary N) is 2. The lowest BCUT2D eigenvalue weighted by Crippen LogP contribution is -2.49. The first-order valence-corrected chi connectivity index (χ1v) is 7.50. The van der Waals surface area contributed by atoms with Crippen LogP contribution in [0.15, 0.2) is 0 Å². The second-order valence-corrected chi connectivity index (χ2v) is 6.15. The van der Waals surface area contributed by atoms with E-state index in [2.05, 4.69) is 10.6 Å². The summed E-state index contributed by atoms with van der Waals surface area (Å²) in [5.74, 6) is -2.13. The third-order valence-corrected chi connectivity index (χ3v) is 4.00. The number of rotatable bonds is 5. The zero-order chi connectivity index (χ0) is 16.9. The van der Waals surface area contributed by atoms with Gasteiger partial charge < -0.3 is 16.4 Å². The van der Waals surface area contributed by atoms with Crippen molar-refractivity contribution < 1.29 is 22.8 Å². The first kappa shape index (κ1) is 22.0. The number of hydrogen-bond donors (Lipinski definition) is 3. The zero-order valence-electron chi connectivity index (χ0n) is 13.3. The molecule has 0 aromatic rings. The van der Waals surface area contributed by atoms with Crippen LogP contribution in [0.25, 0.3) is 0 Å². The van der Waals surface area contributed by atoms with E-state index < -0.39 is 30.0 Å². The maximum atomic E-state index is 12.5. The monoisotopic (exact) mass is 359 g/mol. The highest BCUT2D eigenvalue weighted by Crippen LogP contribution is 2.37. The van der Waals surface area contributed by atoms with Crippen LogP contribution in [0.5, 0.6) is 0 Å². The molecule has 1 atom stereocenters. The minimum absolute atomic E-state index is 0. The van der Waals surface area contributed by atoms with Gasteiger partial charge in [-0.15, -0.1) is 12.4 Å². The molecule has 0 spiro atoms. The molecule has 4 N–H and O–H groups in total. The summed E-state index contributed by atoms with van der Waals surface area (Å²) in [5.41, 5.74) is 5.64. The molecule has 0 radical (unpaired) electrons. The molecule has 5 nitrogen and oxygen atoms in total. The largest absolute Gasteiger partial charge is 0.391 e. The molecule has 1 aliphatic rings. The number of carbonyl (C=O) groups is 2. The van der Waals surface area contributed by atoms with Crippen molar-refractivity contribution in [2.45, 2.75) is 57.8 Å². The van der Waals surface area contributed by atoms with E-state index in [1.807, 2.05) is 0 Å². The molecular formula is C14H25ClF3N3O2. The molecule has 1 rings (SSSR count). The fraction of sp³-hybridized carbons (Fsp3) is 0.857. The Bertz CT molecular complexity index is 397. The summed E-state index contributed by atoms with van der Waals surface area (Å²) >= 11 is 0. The summed E-state index contributed by atoms with van der Waals surface area (Å²) in [5, 5.41) is 5.08. The van der Waals surface area contributed by atoms with Crippen molar-refractivity contribution in [3.05, 3.63) is 0 Å². The fourth-order valence-corrected chi connectivity index (χ4v) is 2.43. The highest BCUT2D eigenvalue weighted by atomic mass is 35.5. The van der Waals surface area contributed by atoms with Crippen LogP contribution in [-0.2, 0) is 9.59 Å². The molecule has 0 bridgehead atoms. The normalized spacial score (nSPS) is 22.9. The maximum Gasteiger partial charge on any atom is 0.391 e. The lowest BCUT2D eigenvalue weighted by molar-refractivity contribution is -0.182. The van der Waals surface area contributed by atoms with E-state index in [1.54, 1.807) is 13.8 Å². The second kappa shape index (κ2) is 9.32. The first-order valence-electron chi connectivity index (χ1n) is 7.50. The summed E-state index contributed by atoms with van der Waals surface area (Å²) in [6, 6.07) is -0.947. The number of halogens is 4. The van der Waals surface area contributed by atoms with Gasteiger partial charge in [-0.1, -0.05) is 13.8 Å². The lowest BCUT2D eigenvalue weighted by atomic mass is 9.85. The van der Waals surface area contributed by atoms with E-state index in [1.165, 1.54) is 0 Å². The molecular weight excluding hydrogens is 335 g/mol. The molecule has 9 heteroatoms. The van der Waals surface area contributed by atoms with Gasteiger partial charge in [-0.2, -0.15) is 13.2 Å². The predicted octanol–water partition coefficient (Wildman–Crippen LogP) is 1.74. The van der Waals surface area contributed by atoms with Crippen molar-refractivity contribution in [3.63, 3.8) is 0 Å². The Kier molecular flexibility index (Phi) is 8.90. The van der Waals surface area contributed by atoms with Crippen molar-refractivity contribution in [3.8, 4) is 0 Å². The van der Waals surface area contributed by atoms with Crippen LogP contribution in [-0.4, -0.2) is 36.6 Å². The topological polar surface area (TPSA) is 84.2 Å². The minimum Gasteiger partial charge on any atom is -0.352 e. The molecule has 0 aromatic carbocycles. The van der Waals surface area contributed by atoms with Gasteiger partial charge in [0.15, 0.2) is 0 Å². The summed E-state index contributed by atoms with van der Waals surface area (Å²) in [6.45, 7) is 3.38. The fourth-order valence-electron chi connectivity index (χ4n) is 2.43. The summed E-state index contributed by atoms with van der Waals surface area (Å²) < 4.78 is 37.6. The van der Waals surface area contributed by atoms with Gasteiger partial charge in [0, 0.05) is 6.04 Å². The molecule has 1 aliphatic carbocycles. The van der Waals surface area contributed by atoms with Crippen LogP contribution in [0.4, 0.5) is 13.2 Å². The Labute approximate surface area is 140 Å². The molecule has 23 heavy (non-hydrogen) atoms. The van der Waals surface area contributed by atoms with Crippen molar-refractivity contribution in [2.24, 2.45) is 17.6 Å². The average molecular weight is 360 g/mol. The standard InChI is InChI=1S/C14H24F3N3O2.ClH/c1-8(2)12(18)13(22)19-7-11(21)20-10-5-3-9(4-6-10)14(15,16)17;/h8-10,12H,3-7,18H2,1-2H3,(H,19,22)(H,20,21);1H/t9?,10?,12-;/m0./s1. The van der Waals surface area contributed by atoms with Crippen LogP contribution < -0.4 is 16.4 Å². The minimum atomic E-state index is -4.16. The van der Waals surface area contributed by atoms with Crippen molar-refractivity contribution in [2.75, 3.05) is 6.54 Å². The van der Waals surface area contributed by atoms with E-state index in [0.717, 1.165) is 0 Å². The molecule has 0 aliphatic heterocycles. The molecule has 136 valence electrons. The Hall–Kier alpha value is -1.02. The van der Waals surface area contributed by atoms with Gasteiger partial charge in [0.05, 0.1) is 18.5 Å². The molecule has 0 unspecified atom stereocenters. The number of nitrogens with two attached hydrogens (primary N) is 1. The molecule has 2 amide bonds. The van der Waals surface area contributed by atoms with E-state index in [4.69, 9.17) is 5.73 Å². The number of alkyl halides is 3. The zero-order valence-corrected chi connectivity index (χ0v) is 14.1. The molecule has 1 saturated carbocycles. The van der Waals surface area contributed by atoms with E-state index in [9.17, 15) is 22.8 Å². The van der Waals surface area contributed by atoms with Crippen molar-refractivity contribution in [1.82, 2.24) is 10.6 Å². The quantitative estimate of drug-likeness (QED) is 0.699. The van der Waals surface area contributed by atoms with Gasteiger partial charge in [-0.05, 0) is 31.6 Å². The van der Waals surface area contributed by atoms with Crippen molar-refractivity contribution >= 4 is 24.2 Å². The Morgan fingerprint density at radius 2 is 1.70 bits per heavy atom. The van der Waals surface area contributed by atoms with Crippen molar-refractivity contribution in [1.29, 1.82) is 0 Å². The third kappa shape index (κ3) is 7.39. The lowest BCUT2D eigenvalue weighted by Gasteiger charge is -2.30. The van der Waals surface area contributed by atoms with Gasteiger partial charge in [-0.25, -0.2) is 0 Å². The number of carbonyl (C=O) groups excluding carboxylic acids is 2. The Morgan fingerprint density at radius 1 is 1.17 bits per heavy atom. The second-order valence-electron chi connectivity index (χ2n) is 6.15. The summed E-state index contributed by atoms with van der Waals surface area (Å²) in [4.78, 5) is 23.3. The van der Waals surface area contributed by atoms with Crippen LogP contribution in [0.1, 0.15) is 39.5 Å². The molecule has 0 aromatic heterocycles. The van der Waals surface area contributed by atoms with Crippen LogP contribution in [0, 0.1) is 11.8 Å². The SMILES string of the molecule is CC(C)[C@H](N)C(=O)NCC(=O)NC1CCC(C(F)(F)F)CC1.Cl. The average Bonchev–Trinajstić information content (AvgIpc) is 2.43. The third-order valence-electron chi connectivity index (χ3n) is 4.00. The number of hydrogen-bond acceptors (Lipinski definition) is 3. The van der Waals surface area contributed by atoms with Crippen LogP contribution in [0.3, 0.4) is 0 Å². The van der Waals surface area contributed by atoms with E-state index in [0.29, 0.717) is 12.8 Å². The number of amides is 2. The Morgan fingerprint density at radius 3 is 2.13 bits per heavy atom. The van der Waals surface area contributed by atoms with Gasteiger partial charge >= 0.3 is 6.18 Å². The van der Waals surface area contributed by atoms with E-state index in [-0.39, 0.29) is 43.8 Å². The highest BCUT2D eigenvalue weighted by molar-refractivity contribution is 5.87. The molecule has 1 fully saturated rings. The van der Waals surface area contributed by atoms with E-state index >= 15 is 0 Å². The summed E-state index contributed by atoms with van der Waals surface area (Å²) in [6.07, 6.45) is -3.50. The maximum absolute atomic E-state index is 12.5. The van der Waals surface area contributed by atoms with Gasteiger partial charge in [0.25, 0.3) is 0 Å². The van der Waals surface area contributed by atoms with Crippen LogP contribution in [0.2, 0.25) is 0 Å². The first-order chi connectivity index (χ1) is 10.1. The Balaban J connectivity index is 0.00000484. The molecule has 0 saturated heterocycles. The van der Waals surface area contributed by atoms with Crippen LogP contribution >= 0.6 is 12.4 Å².